The third-order valence-electron chi connectivity index (χ3n) is 8.97. The minimum Gasteiger partial charge on any atom is -0.363 e. The van der Waals surface area contributed by atoms with Crippen molar-refractivity contribution in [1.82, 2.24) is 0 Å². The van der Waals surface area contributed by atoms with Crippen LogP contribution in [0.25, 0.3) is 5.57 Å². The van der Waals surface area contributed by atoms with E-state index in [2.05, 4.69) is 210 Å². The van der Waals surface area contributed by atoms with Crippen molar-refractivity contribution >= 4 is 17.0 Å². The first-order chi connectivity index (χ1) is 24.3. The van der Waals surface area contributed by atoms with Crippen LogP contribution in [-0.4, -0.2) is 10.3 Å². The number of rotatable bonds is 11. The largest absolute Gasteiger partial charge is 0.363 e. The van der Waals surface area contributed by atoms with Crippen molar-refractivity contribution in [3.05, 3.63) is 239 Å². The number of benzene rings is 6. The van der Waals surface area contributed by atoms with E-state index in [0.717, 1.165) is 26.2 Å². The molecule has 49 heavy (non-hydrogen) atoms. The number of hydrogen-bond donors (Lipinski definition) is 0. The van der Waals surface area contributed by atoms with Crippen molar-refractivity contribution in [2.45, 2.75) is 26.2 Å². The second-order valence-electron chi connectivity index (χ2n) is 12.5. The summed E-state index contributed by atoms with van der Waals surface area (Å²) < 4.78 is 2.46. The van der Waals surface area contributed by atoms with Crippen molar-refractivity contribution in [3.8, 4) is 0 Å². The Hall–Kier alpha value is -5.99. The van der Waals surface area contributed by atoms with Gasteiger partial charge in [-0.15, -0.1) is 0 Å². The van der Waals surface area contributed by atoms with Gasteiger partial charge < -0.3 is 4.90 Å². The van der Waals surface area contributed by atoms with Crippen LogP contribution >= 0.6 is 0 Å². The van der Waals surface area contributed by atoms with Gasteiger partial charge in [0, 0.05) is 42.1 Å². The zero-order valence-electron chi connectivity index (χ0n) is 27.8. The highest BCUT2D eigenvalue weighted by Crippen LogP contribution is 2.32. The van der Waals surface area contributed by atoms with E-state index in [1.807, 2.05) is 0 Å². The second-order valence-corrected chi connectivity index (χ2v) is 12.5. The number of nitrogens with zero attached hydrogens (tertiary/aromatic N) is 2. The Balaban J connectivity index is 1.23. The predicted molar refractivity (Wildman–Crippen MR) is 206 cm³/mol. The first-order valence-corrected chi connectivity index (χ1v) is 17.1. The van der Waals surface area contributed by atoms with Crippen LogP contribution in [-0.2, 0) is 26.2 Å². The summed E-state index contributed by atoms with van der Waals surface area (Å²) in [5.41, 5.74) is 12.4. The Labute approximate surface area is 291 Å². The number of anilines is 1. The lowest BCUT2D eigenvalue weighted by Crippen LogP contribution is -2.22. The van der Waals surface area contributed by atoms with Gasteiger partial charge in [0.2, 0.25) is 5.71 Å². The quantitative estimate of drug-likeness (QED) is 0.129. The van der Waals surface area contributed by atoms with Crippen molar-refractivity contribution in [2.24, 2.45) is 0 Å². The van der Waals surface area contributed by atoms with Crippen LogP contribution in [0.2, 0.25) is 0 Å². The molecule has 0 N–H and O–H groups in total. The van der Waals surface area contributed by atoms with Gasteiger partial charge in [-0.2, -0.15) is 0 Å². The van der Waals surface area contributed by atoms with Crippen molar-refractivity contribution in [2.75, 3.05) is 4.90 Å². The standard InChI is InChI=1S/C47H41N2/c1-6-16-38(17-7-1)34-48(35-39-18-8-2-9-19-39)45-30-26-43(27-31-45)47(42-24-14-5-15-25-42)44-28-32-46(33-29-44)49(36-40-20-10-3-11-21-40)37-41-22-12-4-13-23-41/h1-33H,34-37H2/q+1. The molecular weight excluding hydrogens is 593 g/mol. The minimum absolute atomic E-state index is 0.842. The number of allylic oxidation sites excluding steroid dienone is 5. The summed E-state index contributed by atoms with van der Waals surface area (Å²) >= 11 is 0. The van der Waals surface area contributed by atoms with Gasteiger partial charge in [0.1, 0.15) is 0 Å². The van der Waals surface area contributed by atoms with Gasteiger partial charge in [-0.25, -0.2) is 4.58 Å². The molecule has 0 aromatic heterocycles. The molecule has 0 heterocycles. The van der Waals surface area contributed by atoms with Crippen LogP contribution < -0.4 is 4.90 Å². The molecule has 6 aromatic rings. The molecule has 0 spiro atoms. The average molecular weight is 634 g/mol. The highest BCUT2D eigenvalue weighted by atomic mass is 15.1. The normalized spacial score (nSPS) is 12.2. The zero-order chi connectivity index (χ0) is 33.1. The molecule has 0 aliphatic heterocycles. The molecule has 2 heteroatoms. The fraction of sp³-hybridized carbons (Fsp3) is 0.0851. The summed E-state index contributed by atoms with van der Waals surface area (Å²) in [5.74, 6) is 0. The smallest absolute Gasteiger partial charge is 0.200 e. The zero-order valence-corrected chi connectivity index (χ0v) is 27.8. The maximum Gasteiger partial charge on any atom is 0.200 e. The maximum absolute atomic E-state index is 2.46. The van der Waals surface area contributed by atoms with Crippen LogP contribution in [0, 0.1) is 0 Å². The summed E-state index contributed by atoms with van der Waals surface area (Å²) in [6, 6.07) is 62.8. The van der Waals surface area contributed by atoms with E-state index in [1.165, 1.54) is 55.9 Å². The van der Waals surface area contributed by atoms with E-state index in [4.69, 9.17) is 0 Å². The van der Waals surface area contributed by atoms with Gasteiger partial charge in [0.25, 0.3) is 0 Å². The number of hydrogen-bond acceptors (Lipinski definition) is 1. The fourth-order valence-corrected chi connectivity index (χ4v) is 6.47. The first kappa shape index (κ1) is 31.6. The van der Waals surface area contributed by atoms with E-state index in [9.17, 15) is 0 Å². The summed E-state index contributed by atoms with van der Waals surface area (Å²) in [6.07, 6.45) is 9.12. The molecule has 238 valence electrons. The highest BCUT2D eigenvalue weighted by Gasteiger charge is 2.18. The van der Waals surface area contributed by atoms with Crippen LogP contribution in [0.1, 0.15) is 33.4 Å². The molecule has 0 saturated carbocycles. The molecule has 0 atom stereocenters. The van der Waals surface area contributed by atoms with Crippen LogP contribution in [0.15, 0.2) is 206 Å². The lowest BCUT2D eigenvalue weighted by Gasteiger charge is -2.26. The van der Waals surface area contributed by atoms with Gasteiger partial charge >= 0.3 is 0 Å². The lowest BCUT2D eigenvalue weighted by atomic mass is 9.90. The molecule has 0 saturated heterocycles. The van der Waals surface area contributed by atoms with Crippen molar-refractivity contribution in [1.29, 1.82) is 0 Å². The van der Waals surface area contributed by atoms with E-state index in [1.54, 1.807) is 0 Å². The molecule has 0 bridgehead atoms. The van der Waals surface area contributed by atoms with E-state index in [0.29, 0.717) is 0 Å². The molecule has 0 amide bonds. The molecule has 6 aromatic carbocycles. The molecule has 1 aliphatic rings. The van der Waals surface area contributed by atoms with E-state index >= 15 is 0 Å². The fourth-order valence-electron chi connectivity index (χ4n) is 6.47. The topological polar surface area (TPSA) is 6.25 Å². The van der Waals surface area contributed by atoms with Gasteiger partial charge in [-0.05, 0) is 57.7 Å². The molecular formula is C47H41N2+. The Bertz CT molecular complexity index is 1960. The van der Waals surface area contributed by atoms with Gasteiger partial charge in [0.05, 0.1) is 0 Å². The van der Waals surface area contributed by atoms with E-state index < -0.39 is 0 Å². The molecule has 0 radical (unpaired) electrons. The molecule has 1 aliphatic carbocycles. The van der Waals surface area contributed by atoms with Crippen LogP contribution in [0.5, 0.6) is 0 Å². The Kier molecular flexibility index (Phi) is 10.1. The molecule has 7 rings (SSSR count). The third kappa shape index (κ3) is 8.30. The third-order valence-corrected chi connectivity index (χ3v) is 8.97. The van der Waals surface area contributed by atoms with Gasteiger partial charge in [0.15, 0.2) is 13.1 Å². The Morgan fingerprint density at radius 2 is 0.776 bits per heavy atom. The van der Waals surface area contributed by atoms with E-state index in [-0.39, 0.29) is 0 Å². The Morgan fingerprint density at radius 3 is 1.22 bits per heavy atom. The van der Waals surface area contributed by atoms with Crippen LogP contribution in [0.3, 0.4) is 0 Å². The van der Waals surface area contributed by atoms with Crippen LogP contribution in [0.4, 0.5) is 5.69 Å². The summed E-state index contributed by atoms with van der Waals surface area (Å²) in [7, 11) is 0. The van der Waals surface area contributed by atoms with Crippen molar-refractivity contribution in [3.63, 3.8) is 0 Å². The van der Waals surface area contributed by atoms with Crippen molar-refractivity contribution < 1.29 is 4.58 Å². The molecule has 2 nitrogen and oxygen atoms in total. The Morgan fingerprint density at radius 1 is 0.388 bits per heavy atom. The highest BCUT2D eigenvalue weighted by molar-refractivity contribution is 6.04. The molecule has 0 unspecified atom stereocenters. The minimum atomic E-state index is 0.842. The molecule has 0 fully saturated rings. The van der Waals surface area contributed by atoms with Gasteiger partial charge in [-0.3, -0.25) is 0 Å². The lowest BCUT2D eigenvalue weighted by molar-refractivity contribution is -0.558. The maximum atomic E-state index is 2.46. The summed E-state index contributed by atoms with van der Waals surface area (Å²) in [4.78, 5) is 2.46. The summed E-state index contributed by atoms with van der Waals surface area (Å²) in [5, 5.41) is 0. The average Bonchev–Trinajstić information content (AvgIpc) is 3.17. The SMILES string of the molecule is C1=CC(=[N+](Cc2ccccc2)Cc2ccccc2)C=CC1=C(c1ccccc1)c1ccc(N(Cc2ccccc2)Cc2ccccc2)cc1. The predicted octanol–water partition coefficient (Wildman–Crippen LogP) is 10.7. The van der Waals surface area contributed by atoms with Gasteiger partial charge in [-0.1, -0.05) is 164 Å². The second kappa shape index (κ2) is 15.7. The monoisotopic (exact) mass is 633 g/mol. The first-order valence-electron chi connectivity index (χ1n) is 17.1. The summed E-state index contributed by atoms with van der Waals surface area (Å²) in [6.45, 7) is 3.37.